The molecule has 1 aromatic heterocycles. The van der Waals surface area contributed by atoms with Crippen LogP contribution >= 0.6 is 0 Å². The summed E-state index contributed by atoms with van der Waals surface area (Å²) < 4.78 is 56.5. The third-order valence-electron chi connectivity index (χ3n) is 4.89. The second-order valence-corrected chi connectivity index (χ2v) is 8.57. The molecule has 0 unspecified atom stereocenters. The number of esters is 1. The molecule has 0 bridgehead atoms. The summed E-state index contributed by atoms with van der Waals surface area (Å²) in [4.78, 5) is 24.1. The van der Waals surface area contributed by atoms with E-state index < -0.39 is 35.0 Å². The van der Waals surface area contributed by atoms with Gasteiger partial charge in [0.05, 0.1) is 5.39 Å². The van der Waals surface area contributed by atoms with Gasteiger partial charge < -0.3 is 19.1 Å². The normalized spacial score (nSPS) is 12.8. The molecule has 0 saturated carbocycles. The number of fused-ring (bicyclic) bond motifs is 1. The SMILES string of the molecule is CCCc1cc2c(C(F)(F)F)noc2c(CCC)c1OC(C)(C)C(=O)OC(C)(C)C(=O)O. The van der Waals surface area contributed by atoms with Crippen molar-refractivity contribution in [1.29, 1.82) is 0 Å². The van der Waals surface area contributed by atoms with E-state index in [1.165, 1.54) is 33.8 Å². The van der Waals surface area contributed by atoms with Crippen molar-refractivity contribution in [1.82, 2.24) is 5.16 Å². The Hall–Kier alpha value is -2.78. The highest BCUT2D eigenvalue weighted by Gasteiger charge is 2.42. The van der Waals surface area contributed by atoms with Gasteiger partial charge in [-0.3, -0.25) is 0 Å². The smallest absolute Gasteiger partial charge is 0.437 e. The molecular weight excluding hydrogens is 431 g/mol. The monoisotopic (exact) mass is 459 g/mol. The zero-order valence-corrected chi connectivity index (χ0v) is 19.0. The fourth-order valence-corrected chi connectivity index (χ4v) is 3.14. The number of carbonyl (C=O) groups excluding carboxylic acids is 1. The zero-order chi connectivity index (χ0) is 24.5. The van der Waals surface area contributed by atoms with Gasteiger partial charge in [-0.2, -0.15) is 13.2 Å². The highest BCUT2D eigenvalue weighted by Crippen LogP contribution is 2.41. The van der Waals surface area contributed by atoms with E-state index in [0.29, 0.717) is 36.8 Å². The number of carboxylic acid groups (broad SMARTS) is 1. The summed E-state index contributed by atoms with van der Waals surface area (Å²) in [6.45, 7) is 8.98. The van der Waals surface area contributed by atoms with Gasteiger partial charge >= 0.3 is 18.1 Å². The summed E-state index contributed by atoms with van der Waals surface area (Å²) in [5.74, 6) is -2.03. The van der Waals surface area contributed by atoms with Crippen molar-refractivity contribution >= 4 is 22.9 Å². The van der Waals surface area contributed by atoms with Crippen molar-refractivity contribution in [2.24, 2.45) is 0 Å². The van der Waals surface area contributed by atoms with Gasteiger partial charge in [-0.25, -0.2) is 9.59 Å². The molecule has 0 spiro atoms. The van der Waals surface area contributed by atoms with E-state index in [2.05, 4.69) is 5.16 Å². The molecule has 10 heteroatoms. The molecule has 0 aliphatic heterocycles. The number of ether oxygens (including phenoxy) is 2. The van der Waals surface area contributed by atoms with Gasteiger partial charge in [-0.15, -0.1) is 0 Å². The Bertz CT molecular complexity index is 1010. The van der Waals surface area contributed by atoms with Crippen molar-refractivity contribution in [2.45, 2.75) is 84.6 Å². The highest BCUT2D eigenvalue weighted by atomic mass is 19.4. The van der Waals surface area contributed by atoms with Crippen LogP contribution in [-0.4, -0.2) is 33.4 Å². The van der Waals surface area contributed by atoms with E-state index >= 15 is 0 Å². The van der Waals surface area contributed by atoms with Crippen molar-refractivity contribution in [3.8, 4) is 5.75 Å². The largest absolute Gasteiger partial charge is 0.478 e. The number of carbonyl (C=O) groups is 2. The number of aromatic nitrogens is 1. The lowest BCUT2D eigenvalue weighted by Crippen LogP contribution is -2.47. The number of hydrogen-bond acceptors (Lipinski definition) is 6. The Morgan fingerprint density at radius 2 is 1.66 bits per heavy atom. The first-order valence-corrected chi connectivity index (χ1v) is 10.3. The molecule has 2 rings (SSSR count). The van der Waals surface area contributed by atoms with Crippen LogP contribution in [0.5, 0.6) is 5.75 Å². The zero-order valence-electron chi connectivity index (χ0n) is 19.0. The van der Waals surface area contributed by atoms with E-state index in [4.69, 9.17) is 14.0 Å². The van der Waals surface area contributed by atoms with Gasteiger partial charge in [0.1, 0.15) is 5.75 Å². The van der Waals surface area contributed by atoms with Gasteiger partial charge in [-0.1, -0.05) is 31.8 Å². The van der Waals surface area contributed by atoms with Crippen LogP contribution in [0.3, 0.4) is 0 Å². The van der Waals surface area contributed by atoms with Crippen LogP contribution in [0.25, 0.3) is 11.0 Å². The summed E-state index contributed by atoms with van der Waals surface area (Å²) in [7, 11) is 0. The van der Waals surface area contributed by atoms with Gasteiger partial charge in [0.2, 0.25) is 5.60 Å². The minimum atomic E-state index is -4.69. The van der Waals surface area contributed by atoms with Crippen molar-refractivity contribution in [2.75, 3.05) is 0 Å². The third kappa shape index (κ3) is 5.16. The molecule has 0 saturated heterocycles. The lowest BCUT2D eigenvalue weighted by Gasteiger charge is -2.30. The Morgan fingerprint density at radius 3 is 2.16 bits per heavy atom. The van der Waals surface area contributed by atoms with Crippen molar-refractivity contribution in [3.05, 3.63) is 22.9 Å². The Morgan fingerprint density at radius 1 is 1.06 bits per heavy atom. The fraction of sp³-hybridized carbons (Fsp3) is 0.591. The minimum absolute atomic E-state index is 0.0518. The fourth-order valence-electron chi connectivity index (χ4n) is 3.14. The minimum Gasteiger partial charge on any atom is -0.478 e. The molecule has 7 nitrogen and oxygen atoms in total. The topological polar surface area (TPSA) is 98.9 Å². The van der Waals surface area contributed by atoms with Crippen LogP contribution in [0.2, 0.25) is 0 Å². The lowest BCUT2D eigenvalue weighted by molar-refractivity contribution is -0.184. The Balaban J connectivity index is 2.63. The first-order chi connectivity index (χ1) is 14.7. The number of aliphatic carboxylic acids is 1. The van der Waals surface area contributed by atoms with E-state index in [9.17, 15) is 27.9 Å². The molecule has 32 heavy (non-hydrogen) atoms. The number of hydrogen-bond donors (Lipinski definition) is 1. The first-order valence-electron chi connectivity index (χ1n) is 10.3. The maximum Gasteiger partial charge on any atom is 0.437 e. The second-order valence-electron chi connectivity index (χ2n) is 8.57. The highest BCUT2D eigenvalue weighted by molar-refractivity contribution is 5.88. The molecule has 2 aromatic rings. The molecule has 1 aromatic carbocycles. The molecule has 0 radical (unpaired) electrons. The van der Waals surface area contributed by atoms with E-state index in [-0.39, 0.29) is 16.7 Å². The number of alkyl halides is 3. The quantitative estimate of drug-likeness (QED) is 0.507. The average molecular weight is 459 g/mol. The van der Waals surface area contributed by atoms with E-state index in [1.807, 2.05) is 13.8 Å². The summed E-state index contributed by atoms with van der Waals surface area (Å²) in [6, 6.07) is 1.33. The Kier molecular flexibility index (Phi) is 7.16. The van der Waals surface area contributed by atoms with Crippen LogP contribution < -0.4 is 4.74 Å². The lowest BCUT2D eigenvalue weighted by atomic mass is 9.97. The predicted molar refractivity (Wildman–Crippen MR) is 110 cm³/mol. The molecule has 0 atom stereocenters. The number of rotatable bonds is 9. The Labute approximate surface area is 183 Å². The van der Waals surface area contributed by atoms with Crippen LogP contribution in [0, 0.1) is 0 Å². The number of aryl methyl sites for hydroxylation is 2. The van der Waals surface area contributed by atoms with Gasteiger partial charge in [0, 0.05) is 5.56 Å². The predicted octanol–water partition coefficient (Wildman–Crippen LogP) is 5.32. The third-order valence-corrected chi connectivity index (χ3v) is 4.89. The molecule has 0 aliphatic rings. The molecule has 0 fully saturated rings. The molecule has 178 valence electrons. The van der Waals surface area contributed by atoms with Gasteiger partial charge in [0.25, 0.3) is 0 Å². The molecule has 1 heterocycles. The maximum absolute atomic E-state index is 13.4. The van der Waals surface area contributed by atoms with Gasteiger partial charge in [0.15, 0.2) is 16.9 Å². The van der Waals surface area contributed by atoms with Gasteiger partial charge in [-0.05, 0) is 52.2 Å². The number of benzene rings is 1. The summed E-state index contributed by atoms with van der Waals surface area (Å²) in [5.41, 5.74) is -3.74. The number of nitrogens with zero attached hydrogens (tertiary/aromatic N) is 1. The summed E-state index contributed by atoms with van der Waals surface area (Å²) in [6.07, 6.45) is -2.80. The molecule has 0 aliphatic carbocycles. The molecule has 1 N–H and O–H groups in total. The van der Waals surface area contributed by atoms with Crippen molar-refractivity contribution < 1.29 is 41.9 Å². The number of carboxylic acids is 1. The van der Waals surface area contributed by atoms with Crippen LogP contribution in [-0.2, 0) is 33.3 Å². The van der Waals surface area contributed by atoms with Crippen LogP contribution in [0.4, 0.5) is 13.2 Å². The number of halogens is 3. The molecular formula is C22H28F3NO6. The average Bonchev–Trinajstić information content (AvgIpc) is 3.08. The summed E-state index contributed by atoms with van der Waals surface area (Å²) in [5, 5.41) is 12.3. The van der Waals surface area contributed by atoms with Crippen molar-refractivity contribution in [3.63, 3.8) is 0 Å². The van der Waals surface area contributed by atoms with E-state index in [1.54, 1.807) is 0 Å². The standard InChI is InChI=1S/C22H28F3NO6/c1-7-9-12-11-14-16(32-26-17(14)22(23,24)25)13(10-8-2)15(12)30-21(5,6)19(29)31-20(3,4)18(27)28/h11H,7-10H2,1-6H3,(H,27,28). The summed E-state index contributed by atoms with van der Waals surface area (Å²) >= 11 is 0. The van der Waals surface area contributed by atoms with E-state index in [0.717, 1.165) is 0 Å². The van der Waals surface area contributed by atoms with Crippen LogP contribution in [0.1, 0.15) is 71.2 Å². The first kappa shape index (κ1) is 25.5. The maximum atomic E-state index is 13.4. The second kappa shape index (κ2) is 8.99. The van der Waals surface area contributed by atoms with Crippen LogP contribution in [0.15, 0.2) is 10.6 Å². The molecule has 0 amide bonds.